The maximum Gasteiger partial charge on any atom is 0.311 e. The van der Waals surface area contributed by atoms with Crippen LogP contribution in [0.25, 0.3) is 0 Å². The van der Waals surface area contributed by atoms with Crippen molar-refractivity contribution in [3.8, 4) is 0 Å². The highest BCUT2D eigenvalue weighted by Crippen LogP contribution is 2.37. The molecule has 0 radical (unpaired) electrons. The fourth-order valence-electron chi connectivity index (χ4n) is 1.69. The van der Waals surface area contributed by atoms with Crippen LogP contribution in [0.1, 0.15) is 41.0 Å². The zero-order valence-corrected chi connectivity index (χ0v) is 11.8. The normalized spacial score (nSPS) is 14.1. The van der Waals surface area contributed by atoms with E-state index in [1.807, 2.05) is 20.8 Å². The molecule has 0 saturated heterocycles. The lowest BCUT2D eigenvalue weighted by Gasteiger charge is -2.33. The van der Waals surface area contributed by atoms with E-state index in [1.165, 1.54) is 0 Å². The van der Waals surface area contributed by atoms with Crippen molar-refractivity contribution in [2.24, 2.45) is 16.7 Å². The number of hydrogen-bond donors (Lipinski definition) is 2. The number of aliphatic carboxylic acids is 1. The van der Waals surface area contributed by atoms with E-state index in [1.54, 1.807) is 13.8 Å². The summed E-state index contributed by atoms with van der Waals surface area (Å²) >= 11 is 0. The van der Waals surface area contributed by atoms with Crippen molar-refractivity contribution in [3.05, 3.63) is 0 Å². The molecule has 18 heavy (non-hydrogen) atoms. The van der Waals surface area contributed by atoms with Gasteiger partial charge in [0.25, 0.3) is 0 Å². The molecule has 0 spiro atoms. The topological polar surface area (TPSA) is 83.8 Å². The van der Waals surface area contributed by atoms with Crippen molar-refractivity contribution in [3.63, 3.8) is 0 Å². The molecule has 2 N–H and O–H groups in total. The molecule has 0 saturated carbocycles. The second-order valence-corrected chi connectivity index (χ2v) is 6.20. The van der Waals surface area contributed by atoms with Gasteiger partial charge in [0, 0.05) is 0 Å². The van der Waals surface area contributed by atoms with Crippen LogP contribution in [0.4, 0.5) is 0 Å². The summed E-state index contributed by atoms with van der Waals surface area (Å²) < 4.78 is 4.87. The van der Waals surface area contributed by atoms with Crippen LogP contribution in [0.3, 0.4) is 0 Å². The lowest BCUT2D eigenvalue weighted by atomic mass is 9.71. The van der Waals surface area contributed by atoms with Crippen molar-refractivity contribution in [2.75, 3.05) is 13.2 Å². The van der Waals surface area contributed by atoms with Gasteiger partial charge < -0.3 is 14.9 Å². The number of carbonyl (C=O) groups excluding carboxylic acids is 1. The standard InChI is InChI=1S/C13H24O5/c1-12(2,3)9(10(15)16)8-13(4,5)11(17)18-7-6-14/h9,14H,6-8H2,1-5H3,(H,15,16). The molecule has 1 unspecified atom stereocenters. The molecular formula is C13H24O5. The number of rotatable bonds is 6. The quantitative estimate of drug-likeness (QED) is 0.710. The van der Waals surface area contributed by atoms with Crippen LogP contribution in [0.5, 0.6) is 0 Å². The van der Waals surface area contributed by atoms with E-state index in [0.29, 0.717) is 0 Å². The Morgan fingerprint density at radius 3 is 2.00 bits per heavy atom. The average molecular weight is 260 g/mol. The minimum Gasteiger partial charge on any atom is -0.481 e. The Kier molecular flexibility index (Phi) is 5.80. The number of aliphatic hydroxyl groups excluding tert-OH is 1. The first kappa shape index (κ1) is 16.9. The number of carbonyl (C=O) groups is 2. The van der Waals surface area contributed by atoms with Gasteiger partial charge >= 0.3 is 11.9 Å². The summed E-state index contributed by atoms with van der Waals surface area (Å²) in [6.45, 7) is 8.53. The molecule has 5 heteroatoms. The molecule has 5 nitrogen and oxygen atoms in total. The third-order valence-electron chi connectivity index (χ3n) is 2.93. The molecule has 106 valence electrons. The minimum absolute atomic E-state index is 0.0600. The Bertz CT molecular complexity index is 301. The fourth-order valence-corrected chi connectivity index (χ4v) is 1.69. The second kappa shape index (κ2) is 6.18. The predicted octanol–water partition coefficient (Wildman–Crippen LogP) is 1.69. The number of hydrogen-bond acceptors (Lipinski definition) is 4. The van der Waals surface area contributed by atoms with E-state index in [4.69, 9.17) is 9.84 Å². The molecule has 0 amide bonds. The summed E-state index contributed by atoms with van der Waals surface area (Å²) in [7, 11) is 0. The van der Waals surface area contributed by atoms with E-state index < -0.39 is 28.7 Å². The Hall–Kier alpha value is -1.10. The third-order valence-corrected chi connectivity index (χ3v) is 2.93. The maximum absolute atomic E-state index is 11.8. The van der Waals surface area contributed by atoms with Gasteiger partial charge in [0.05, 0.1) is 17.9 Å². The van der Waals surface area contributed by atoms with Crippen LogP contribution < -0.4 is 0 Å². The summed E-state index contributed by atoms with van der Waals surface area (Å²) in [6.07, 6.45) is 0.204. The van der Waals surface area contributed by atoms with Gasteiger partial charge in [-0.05, 0) is 25.7 Å². The monoisotopic (exact) mass is 260 g/mol. The maximum atomic E-state index is 11.8. The summed E-state index contributed by atoms with van der Waals surface area (Å²) in [5.74, 6) is -2.02. The second-order valence-electron chi connectivity index (χ2n) is 6.20. The molecule has 0 heterocycles. The first-order valence-corrected chi connectivity index (χ1v) is 6.03. The third kappa shape index (κ3) is 5.04. The number of ether oxygens (including phenoxy) is 1. The van der Waals surface area contributed by atoms with E-state index in [-0.39, 0.29) is 19.6 Å². The minimum atomic E-state index is -0.912. The van der Waals surface area contributed by atoms with Crippen LogP contribution >= 0.6 is 0 Å². The molecule has 0 bridgehead atoms. The highest BCUT2D eigenvalue weighted by atomic mass is 16.5. The molecule has 0 aromatic heterocycles. The molecule has 0 aliphatic rings. The van der Waals surface area contributed by atoms with Crippen molar-refractivity contribution >= 4 is 11.9 Å². The lowest BCUT2D eigenvalue weighted by Crippen LogP contribution is -2.37. The smallest absolute Gasteiger partial charge is 0.311 e. The molecule has 0 aromatic carbocycles. The summed E-state index contributed by atoms with van der Waals surface area (Å²) in [5, 5.41) is 17.8. The highest BCUT2D eigenvalue weighted by Gasteiger charge is 2.40. The fraction of sp³-hybridized carbons (Fsp3) is 0.846. The van der Waals surface area contributed by atoms with E-state index in [9.17, 15) is 14.7 Å². The first-order chi connectivity index (χ1) is 8.02. The molecule has 0 aliphatic heterocycles. The molecule has 1 atom stereocenters. The highest BCUT2D eigenvalue weighted by molar-refractivity contribution is 5.78. The average Bonchev–Trinajstić information content (AvgIpc) is 2.20. The van der Waals surface area contributed by atoms with Gasteiger partial charge in [0.1, 0.15) is 6.61 Å². The van der Waals surface area contributed by atoms with Crippen LogP contribution in [-0.4, -0.2) is 35.4 Å². The van der Waals surface area contributed by atoms with Crippen molar-refractivity contribution < 1.29 is 24.5 Å². The van der Waals surface area contributed by atoms with E-state index >= 15 is 0 Å². The van der Waals surface area contributed by atoms with E-state index in [0.717, 1.165) is 0 Å². The van der Waals surface area contributed by atoms with Gasteiger partial charge in [-0.2, -0.15) is 0 Å². The van der Waals surface area contributed by atoms with Gasteiger partial charge in [-0.25, -0.2) is 0 Å². The number of aliphatic hydroxyl groups is 1. The number of carboxylic acids is 1. The Morgan fingerprint density at radius 1 is 1.17 bits per heavy atom. The van der Waals surface area contributed by atoms with Crippen LogP contribution in [0.15, 0.2) is 0 Å². The van der Waals surface area contributed by atoms with Gasteiger partial charge in [-0.1, -0.05) is 20.8 Å². The Morgan fingerprint density at radius 2 is 1.67 bits per heavy atom. The lowest BCUT2D eigenvalue weighted by molar-refractivity contribution is -0.159. The van der Waals surface area contributed by atoms with Gasteiger partial charge in [-0.15, -0.1) is 0 Å². The van der Waals surface area contributed by atoms with Crippen LogP contribution in [0.2, 0.25) is 0 Å². The number of carboxylic acid groups (broad SMARTS) is 1. The van der Waals surface area contributed by atoms with Gasteiger partial charge in [0.2, 0.25) is 0 Å². The zero-order chi connectivity index (χ0) is 14.6. The number of esters is 1. The molecule has 0 rings (SSSR count). The first-order valence-electron chi connectivity index (χ1n) is 6.03. The molecule has 0 fully saturated rings. The largest absolute Gasteiger partial charge is 0.481 e. The van der Waals surface area contributed by atoms with Crippen molar-refractivity contribution in [1.82, 2.24) is 0 Å². The van der Waals surface area contributed by atoms with Gasteiger partial charge in [0.15, 0.2) is 0 Å². The van der Waals surface area contributed by atoms with Crippen molar-refractivity contribution in [2.45, 2.75) is 41.0 Å². The SMILES string of the molecule is CC(C)(CC(C(=O)O)C(C)(C)C)C(=O)OCCO. The van der Waals surface area contributed by atoms with E-state index in [2.05, 4.69) is 0 Å². The molecular weight excluding hydrogens is 236 g/mol. The summed E-state index contributed by atoms with van der Waals surface area (Å²) in [4.78, 5) is 23.1. The Balaban J connectivity index is 4.81. The Labute approximate surface area is 108 Å². The zero-order valence-electron chi connectivity index (χ0n) is 11.8. The van der Waals surface area contributed by atoms with Crippen molar-refractivity contribution in [1.29, 1.82) is 0 Å². The summed E-state index contributed by atoms with van der Waals surface area (Å²) in [5.41, 5.74) is -1.31. The van der Waals surface area contributed by atoms with Gasteiger partial charge in [-0.3, -0.25) is 9.59 Å². The predicted molar refractivity (Wildman–Crippen MR) is 67.0 cm³/mol. The summed E-state index contributed by atoms with van der Waals surface area (Å²) in [6, 6.07) is 0. The van der Waals surface area contributed by atoms with Crippen LogP contribution in [-0.2, 0) is 14.3 Å². The molecule has 0 aromatic rings. The molecule has 0 aliphatic carbocycles. The van der Waals surface area contributed by atoms with Crippen LogP contribution in [0, 0.1) is 16.7 Å².